The topological polar surface area (TPSA) is 52.7 Å². The molecule has 0 aromatic heterocycles. The van der Waals surface area contributed by atoms with Crippen molar-refractivity contribution in [2.75, 3.05) is 19.6 Å². The molecule has 0 aliphatic carbocycles. The normalized spacial score (nSPS) is 14.0. The first kappa shape index (κ1) is 17.3. The Hall–Kier alpha value is -2.53. The van der Waals surface area contributed by atoms with Gasteiger partial charge in [-0.15, -0.1) is 0 Å². The summed E-state index contributed by atoms with van der Waals surface area (Å²) in [4.78, 5) is 27.9. The van der Waals surface area contributed by atoms with Crippen molar-refractivity contribution in [1.82, 2.24) is 15.1 Å². The van der Waals surface area contributed by atoms with Gasteiger partial charge in [-0.1, -0.05) is 54.1 Å². The molecule has 0 atom stereocenters. The molecule has 0 unspecified atom stereocenters. The van der Waals surface area contributed by atoms with Gasteiger partial charge in [-0.2, -0.15) is 0 Å². The first-order valence-corrected chi connectivity index (χ1v) is 8.58. The third kappa shape index (κ3) is 4.73. The maximum Gasteiger partial charge on any atom is 0.320 e. The fourth-order valence-electron chi connectivity index (χ4n) is 2.81. The van der Waals surface area contributed by atoms with Crippen LogP contribution in [0.3, 0.4) is 0 Å². The molecular weight excluding hydrogens is 338 g/mol. The lowest BCUT2D eigenvalue weighted by Gasteiger charge is -2.18. The van der Waals surface area contributed by atoms with E-state index in [2.05, 4.69) is 5.32 Å². The fourth-order valence-corrected chi connectivity index (χ4v) is 3.02. The van der Waals surface area contributed by atoms with Crippen LogP contribution in [-0.4, -0.2) is 41.4 Å². The van der Waals surface area contributed by atoms with Crippen molar-refractivity contribution >= 4 is 23.5 Å². The van der Waals surface area contributed by atoms with E-state index in [1.807, 2.05) is 48.5 Å². The largest absolute Gasteiger partial charge is 0.350 e. The van der Waals surface area contributed by atoms with Gasteiger partial charge in [-0.3, -0.25) is 4.79 Å². The van der Waals surface area contributed by atoms with Crippen LogP contribution in [0, 0.1) is 0 Å². The molecule has 1 saturated heterocycles. The number of amides is 3. The maximum absolute atomic E-state index is 12.4. The molecule has 1 aliphatic heterocycles. The summed E-state index contributed by atoms with van der Waals surface area (Å²) in [6.07, 6.45) is 0. The summed E-state index contributed by atoms with van der Waals surface area (Å²) in [5.41, 5.74) is 2.02. The zero-order chi connectivity index (χ0) is 17.6. The molecular formula is C19H20ClN3O2. The molecule has 0 radical (unpaired) electrons. The van der Waals surface area contributed by atoms with E-state index < -0.39 is 0 Å². The van der Waals surface area contributed by atoms with Crippen LogP contribution in [0.25, 0.3) is 0 Å². The van der Waals surface area contributed by atoms with Gasteiger partial charge < -0.3 is 15.1 Å². The minimum absolute atomic E-state index is 0.0741. The van der Waals surface area contributed by atoms with E-state index in [1.54, 1.807) is 15.9 Å². The van der Waals surface area contributed by atoms with E-state index in [0.29, 0.717) is 31.2 Å². The van der Waals surface area contributed by atoms with Gasteiger partial charge in [-0.05, 0) is 23.3 Å². The second kappa shape index (κ2) is 8.03. The van der Waals surface area contributed by atoms with E-state index in [0.717, 1.165) is 11.1 Å². The Morgan fingerprint density at radius 2 is 1.72 bits per heavy atom. The standard InChI is InChI=1S/C19H20ClN3O2/c20-17-8-4-7-16(11-17)12-21-18(24)14-23-10-9-22(19(23)25)13-15-5-2-1-3-6-15/h1-8,11H,9-10,12-14H2,(H,21,24). The van der Waals surface area contributed by atoms with Crippen molar-refractivity contribution < 1.29 is 9.59 Å². The van der Waals surface area contributed by atoms with Crippen LogP contribution < -0.4 is 5.32 Å². The van der Waals surface area contributed by atoms with E-state index in [9.17, 15) is 9.59 Å². The lowest BCUT2D eigenvalue weighted by molar-refractivity contribution is -0.121. The van der Waals surface area contributed by atoms with Gasteiger partial charge >= 0.3 is 6.03 Å². The van der Waals surface area contributed by atoms with Gasteiger partial charge in [0, 0.05) is 31.2 Å². The third-order valence-electron chi connectivity index (χ3n) is 4.11. The summed E-state index contributed by atoms with van der Waals surface area (Å²) in [6, 6.07) is 17.1. The van der Waals surface area contributed by atoms with Gasteiger partial charge in [0.05, 0.1) is 0 Å². The molecule has 1 fully saturated rings. The minimum atomic E-state index is -0.171. The molecule has 1 N–H and O–H groups in total. The number of benzene rings is 2. The molecule has 2 aromatic rings. The molecule has 0 spiro atoms. The summed E-state index contributed by atoms with van der Waals surface area (Å²) in [6.45, 7) is 2.24. The molecule has 2 aromatic carbocycles. The second-order valence-electron chi connectivity index (χ2n) is 6.02. The van der Waals surface area contributed by atoms with E-state index in [4.69, 9.17) is 11.6 Å². The number of halogens is 1. The van der Waals surface area contributed by atoms with Crippen LogP contribution >= 0.6 is 11.6 Å². The van der Waals surface area contributed by atoms with E-state index in [-0.39, 0.29) is 18.5 Å². The number of carbonyl (C=O) groups is 2. The molecule has 0 bridgehead atoms. The van der Waals surface area contributed by atoms with Gasteiger partial charge in [0.25, 0.3) is 0 Å². The van der Waals surface area contributed by atoms with Crippen LogP contribution in [-0.2, 0) is 17.9 Å². The summed E-state index contributed by atoms with van der Waals surface area (Å²) in [5.74, 6) is -0.171. The van der Waals surface area contributed by atoms with Crippen molar-refractivity contribution in [3.05, 3.63) is 70.7 Å². The Morgan fingerprint density at radius 1 is 1.00 bits per heavy atom. The van der Waals surface area contributed by atoms with Crippen LogP contribution in [0.2, 0.25) is 5.02 Å². The highest BCUT2D eigenvalue weighted by atomic mass is 35.5. The second-order valence-corrected chi connectivity index (χ2v) is 6.45. The van der Waals surface area contributed by atoms with Crippen molar-refractivity contribution in [2.24, 2.45) is 0 Å². The molecule has 25 heavy (non-hydrogen) atoms. The van der Waals surface area contributed by atoms with Gasteiger partial charge in [0.1, 0.15) is 6.54 Å². The van der Waals surface area contributed by atoms with E-state index >= 15 is 0 Å². The molecule has 1 aliphatic rings. The predicted molar refractivity (Wildman–Crippen MR) is 97.1 cm³/mol. The Bertz CT molecular complexity index is 751. The Balaban J connectivity index is 1.48. The number of carbonyl (C=O) groups excluding carboxylic acids is 2. The quantitative estimate of drug-likeness (QED) is 0.864. The molecule has 3 amide bonds. The zero-order valence-corrected chi connectivity index (χ0v) is 14.6. The van der Waals surface area contributed by atoms with Gasteiger partial charge in [0.15, 0.2) is 0 Å². The SMILES string of the molecule is O=C(CN1CCN(Cc2ccccc2)C1=O)NCc1cccc(Cl)c1. The summed E-state index contributed by atoms with van der Waals surface area (Å²) in [7, 11) is 0. The zero-order valence-electron chi connectivity index (χ0n) is 13.8. The molecule has 130 valence electrons. The van der Waals surface area contributed by atoms with Crippen LogP contribution in [0.4, 0.5) is 4.79 Å². The highest BCUT2D eigenvalue weighted by Gasteiger charge is 2.29. The third-order valence-corrected chi connectivity index (χ3v) is 4.35. The number of hydrogen-bond donors (Lipinski definition) is 1. The maximum atomic E-state index is 12.4. The Morgan fingerprint density at radius 3 is 2.48 bits per heavy atom. The van der Waals surface area contributed by atoms with Crippen LogP contribution in [0.1, 0.15) is 11.1 Å². The van der Waals surface area contributed by atoms with Crippen molar-refractivity contribution in [3.63, 3.8) is 0 Å². The van der Waals surface area contributed by atoms with Gasteiger partial charge in [0.2, 0.25) is 5.91 Å². The highest BCUT2D eigenvalue weighted by Crippen LogP contribution is 2.13. The average molecular weight is 358 g/mol. The predicted octanol–water partition coefficient (Wildman–Crippen LogP) is 2.89. The van der Waals surface area contributed by atoms with Crippen LogP contribution in [0.15, 0.2) is 54.6 Å². The van der Waals surface area contributed by atoms with Crippen molar-refractivity contribution in [3.8, 4) is 0 Å². The first-order valence-electron chi connectivity index (χ1n) is 8.21. The first-order chi connectivity index (χ1) is 12.1. The van der Waals surface area contributed by atoms with Crippen LogP contribution in [0.5, 0.6) is 0 Å². The summed E-state index contributed by atoms with van der Waals surface area (Å²) in [5, 5.41) is 3.47. The lowest BCUT2D eigenvalue weighted by Crippen LogP contribution is -2.39. The molecule has 3 rings (SSSR count). The molecule has 5 nitrogen and oxygen atoms in total. The van der Waals surface area contributed by atoms with Gasteiger partial charge in [-0.25, -0.2) is 4.79 Å². The fraction of sp³-hybridized carbons (Fsp3) is 0.263. The number of nitrogens with zero attached hydrogens (tertiary/aromatic N) is 2. The smallest absolute Gasteiger partial charge is 0.320 e. The van der Waals surface area contributed by atoms with Crippen molar-refractivity contribution in [2.45, 2.75) is 13.1 Å². The number of hydrogen-bond acceptors (Lipinski definition) is 2. The summed E-state index contributed by atoms with van der Waals surface area (Å²) >= 11 is 5.93. The number of rotatable bonds is 6. The summed E-state index contributed by atoms with van der Waals surface area (Å²) < 4.78 is 0. The Kier molecular flexibility index (Phi) is 5.56. The number of nitrogens with one attached hydrogen (secondary N) is 1. The Labute approximate surface area is 152 Å². The minimum Gasteiger partial charge on any atom is -0.350 e. The number of urea groups is 1. The molecule has 6 heteroatoms. The molecule has 0 saturated carbocycles. The molecule has 1 heterocycles. The average Bonchev–Trinajstić information content (AvgIpc) is 2.94. The van der Waals surface area contributed by atoms with E-state index in [1.165, 1.54) is 0 Å². The highest BCUT2D eigenvalue weighted by molar-refractivity contribution is 6.30. The lowest BCUT2D eigenvalue weighted by atomic mass is 10.2. The van der Waals surface area contributed by atoms with Crippen molar-refractivity contribution in [1.29, 1.82) is 0 Å². The monoisotopic (exact) mass is 357 g/mol.